The van der Waals surface area contributed by atoms with Crippen LogP contribution in [0.2, 0.25) is 5.02 Å². The van der Waals surface area contributed by atoms with Crippen molar-refractivity contribution in [3.8, 4) is 5.75 Å². The van der Waals surface area contributed by atoms with Gasteiger partial charge in [0.15, 0.2) is 0 Å². The Labute approximate surface area is 222 Å². The number of Topliss-reactive ketones (excluding diaryl/α,β-unsaturated/α-hetero) is 1. The molecule has 190 valence electrons. The van der Waals surface area contributed by atoms with Crippen molar-refractivity contribution in [3.63, 3.8) is 0 Å². The van der Waals surface area contributed by atoms with Crippen LogP contribution in [-0.2, 0) is 21.4 Å². The number of hydrogen-bond acceptors (Lipinski definition) is 4. The number of fused-ring (bicyclic) bond motifs is 1. The predicted octanol–water partition coefficient (Wildman–Crippen LogP) is 6.90. The van der Waals surface area contributed by atoms with Gasteiger partial charge in [-0.05, 0) is 71.8 Å². The average Bonchev–Trinajstić information content (AvgIpc) is 3.35. The summed E-state index contributed by atoms with van der Waals surface area (Å²) in [5.41, 5.74) is 4.51. The Kier molecular flexibility index (Phi) is 6.15. The lowest BCUT2D eigenvalue weighted by Crippen LogP contribution is -2.30. The smallest absolute Gasteiger partial charge is 0.300 e. The number of rotatable bonds is 3. The van der Waals surface area contributed by atoms with Gasteiger partial charge in [-0.2, -0.15) is 0 Å². The number of benzene rings is 3. The van der Waals surface area contributed by atoms with Crippen molar-refractivity contribution < 1.29 is 19.4 Å². The molecule has 1 fully saturated rings. The van der Waals surface area contributed by atoms with Crippen molar-refractivity contribution in [1.82, 2.24) is 0 Å². The number of amides is 1. The molecular weight excluding hydrogens is 486 g/mol. The standard InChI is InChI=1S/C31H30ClNO4/c1-17-15-21-16-20(11-14-25(21)37-17)28(34)26-27(19-9-12-22(13-10-19)31(3,4)5)33(30(36)29(26)35)24-8-6-7-23(32)18(24)2/h6-14,16-17,27,34H,15H2,1-5H3/b28-26-. The number of anilines is 1. The zero-order valence-electron chi connectivity index (χ0n) is 21.6. The van der Waals surface area contributed by atoms with Crippen molar-refractivity contribution in [2.24, 2.45) is 0 Å². The van der Waals surface area contributed by atoms with Gasteiger partial charge in [0.2, 0.25) is 0 Å². The van der Waals surface area contributed by atoms with Gasteiger partial charge in [-0.1, -0.05) is 62.7 Å². The third-order valence-electron chi connectivity index (χ3n) is 7.20. The molecule has 0 aliphatic carbocycles. The molecule has 2 unspecified atom stereocenters. The Bertz CT molecular complexity index is 1450. The summed E-state index contributed by atoms with van der Waals surface area (Å²) in [6.45, 7) is 10.2. The fraction of sp³-hybridized carbons (Fsp3) is 0.290. The number of carbonyl (C=O) groups excluding carboxylic acids is 2. The molecule has 5 rings (SSSR count). The quantitative estimate of drug-likeness (QED) is 0.234. The molecule has 37 heavy (non-hydrogen) atoms. The molecule has 1 N–H and O–H groups in total. The van der Waals surface area contributed by atoms with Gasteiger partial charge in [-0.3, -0.25) is 14.5 Å². The van der Waals surface area contributed by atoms with Crippen LogP contribution in [0.3, 0.4) is 0 Å². The SMILES string of the molecule is Cc1c(Cl)cccc1N1C(=O)C(=O)/C(=C(\O)c2ccc3c(c2)CC(C)O3)C1c1ccc(C(C)(C)C)cc1. The number of carbonyl (C=O) groups is 2. The van der Waals surface area contributed by atoms with Crippen LogP contribution in [0, 0.1) is 6.92 Å². The first kappa shape index (κ1) is 25.1. The number of ketones is 1. The van der Waals surface area contributed by atoms with Gasteiger partial charge in [0.25, 0.3) is 11.7 Å². The Morgan fingerprint density at radius 3 is 2.43 bits per heavy atom. The normalized spacial score (nSPS) is 20.8. The number of halogens is 1. The van der Waals surface area contributed by atoms with Crippen molar-refractivity contribution in [1.29, 1.82) is 0 Å². The van der Waals surface area contributed by atoms with Crippen LogP contribution >= 0.6 is 11.6 Å². The number of nitrogens with zero attached hydrogens (tertiary/aromatic N) is 1. The largest absolute Gasteiger partial charge is 0.507 e. The fourth-order valence-electron chi connectivity index (χ4n) is 5.14. The molecule has 5 nitrogen and oxygen atoms in total. The van der Waals surface area contributed by atoms with E-state index in [1.165, 1.54) is 4.90 Å². The van der Waals surface area contributed by atoms with E-state index in [9.17, 15) is 14.7 Å². The maximum atomic E-state index is 13.5. The van der Waals surface area contributed by atoms with Crippen LogP contribution in [-0.4, -0.2) is 22.9 Å². The van der Waals surface area contributed by atoms with Crippen LogP contribution in [0.15, 0.2) is 66.2 Å². The van der Waals surface area contributed by atoms with E-state index in [2.05, 4.69) is 20.8 Å². The van der Waals surface area contributed by atoms with Crippen molar-refractivity contribution in [2.75, 3.05) is 4.90 Å². The van der Waals surface area contributed by atoms with E-state index in [1.807, 2.05) is 44.2 Å². The molecule has 0 radical (unpaired) electrons. The highest BCUT2D eigenvalue weighted by Crippen LogP contribution is 2.45. The molecule has 2 atom stereocenters. The second kappa shape index (κ2) is 9.07. The summed E-state index contributed by atoms with van der Waals surface area (Å²) < 4.78 is 5.79. The first-order chi connectivity index (χ1) is 17.5. The van der Waals surface area contributed by atoms with Gasteiger partial charge in [0.05, 0.1) is 11.6 Å². The van der Waals surface area contributed by atoms with Crippen molar-refractivity contribution in [2.45, 2.75) is 58.6 Å². The number of hydrogen-bond donors (Lipinski definition) is 1. The van der Waals surface area contributed by atoms with Crippen LogP contribution in [0.4, 0.5) is 5.69 Å². The molecule has 0 aromatic heterocycles. The Balaban J connectivity index is 1.71. The molecule has 0 bridgehead atoms. The van der Waals surface area contributed by atoms with Gasteiger partial charge in [-0.15, -0.1) is 0 Å². The zero-order valence-corrected chi connectivity index (χ0v) is 22.4. The molecule has 2 heterocycles. The summed E-state index contributed by atoms with van der Waals surface area (Å²) in [5.74, 6) is -0.858. The monoisotopic (exact) mass is 515 g/mol. The Hall–Kier alpha value is -3.57. The minimum atomic E-state index is -0.811. The van der Waals surface area contributed by atoms with E-state index in [0.29, 0.717) is 28.3 Å². The predicted molar refractivity (Wildman–Crippen MR) is 146 cm³/mol. The second-order valence-corrected chi connectivity index (χ2v) is 11.3. The van der Waals surface area contributed by atoms with Gasteiger partial charge in [-0.25, -0.2) is 0 Å². The third kappa shape index (κ3) is 4.31. The van der Waals surface area contributed by atoms with E-state index in [-0.39, 0.29) is 22.9 Å². The maximum Gasteiger partial charge on any atom is 0.300 e. The summed E-state index contributed by atoms with van der Waals surface area (Å²) in [5, 5.41) is 12.0. The zero-order chi connectivity index (χ0) is 26.6. The van der Waals surface area contributed by atoms with Crippen LogP contribution < -0.4 is 9.64 Å². The summed E-state index contributed by atoms with van der Waals surface area (Å²) in [7, 11) is 0. The highest BCUT2D eigenvalue weighted by molar-refractivity contribution is 6.52. The van der Waals surface area contributed by atoms with E-state index >= 15 is 0 Å². The Morgan fingerprint density at radius 2 is 1.76 bits per heavy atom. The molecule has 3 aromatic rings. The number of aliphatic hydroxyl groups is 1. The summed E-state index contributed by atoms with van der Waals surface area (Å²) in [6.07, 6.45) is 0.759. The fourth-order valence-corrected chi connectivity index (χ4v) is 5.31. The van der Waals surface area contributed by atoms with Gasteiger partial charge in [0, 0.05) is 22.7 Å². The Morgan fingerprint density at radius 1 is 1.05 bits per heavy atom. The minimum absolute atomic E-state index is 0.0464. The maximum absolute atomic E-state index is 13.5. The highest BCUT2D eigenvalue weighted by Gasteiger charge is 2.47. The van der Waals surface area contributed by atoms with E-state index in [1.54, 1.807) is 30.3 Å². The lowest BCUT2D eigenvalue weighted by atomic mass is 9.85. The molecular formula is C31H30ClNO4. The van der Waals surface area contributed by atoms with E-state index in [0.717, 1.165) is 22.4 Å². The molecule has 0 spiro atoms. The molecule has 3 aromatic carbocycles. The average molecular weight is 516 g/mol. The summed E-state index contributed by atoms with van der Waals surface area (Å²) >= 11 is 6.41. The summed E-state index contributed by atoms with van der Waals surface area (Å²) in [4.78, 5) is 28.5. The number of aliphatic hydroxyl groups excluding tert-OH is 1. The second-order valence-electron chi connectivity index (χ2n) is 10.9. The first-order valence-electron chi connectivity index (χ1n) is 12.4. The molecule has 0 saturated carbocycles. The van der Waals surface area contributed by atoms with Crippen LogP contribution in [0.25, 0.3) is 5.76 Å². The van der Waals surface area contributed by atoms with E-state index in [4.69, 9.17) is 16.3 Å². The molecule has 6 heteroatoms. The molecule has 2 aliphatic rings. The molecule has 2 aliphatic heterocycles. The van der Waals surface area contributed by atoms with Crippen LogP contribution in [0.1, 0.15) is 61.6 Å². The lowest BCUT2D eigenvalue weighted by molar-refractivity contribution is -0.132. The van der Waals surface area contributed by atoms with Crippen molar-refractivity contribution >= 4 is 34.7 Å². The first-order valence-corrected chi connectivity index (χ1v) is 12.8. The van der Waals surface area contributed by atoms with Gasteiger partial charge < -0.3 is 9.84 Å². The number of ether oxygens (including phenoxy) is 1. The molecule has 1 saturated heterocycles. The minimum Gasteiger partial charge on any atom is -0.507 e. The van der Waals surface area contributed by atoms with E-state index < -0.39 is 17.7 Å². The van der Waals surface area contributed by atoms with Gasteiger partial charge >= 0.3 is 0 Å². The summed E-state index contributed by atoms with van der Waals surface area (Å²) in [6, 6.07) is 17.7. The lowest BCUT2D eigenvalue weighted by Gasteiger charge is -2.28. The highest BCUT2D eigenvalue weighted by atomic mass is 35.5. The van der Waals surface area contributed by atoms with Crippen LogP contribution in [0.5, 0.6) is 5.75 Å². The van der Waals surface area contributed by atoms with Gasteiger partial charge in [0.1, 0.15) is 17.6 Å². The molecule has 1 amide bonds. The topological polar surface area (TPSA) is 66.8 Å². The van der Waals surface area contributed by atoms with Crippen molar-refractivity contribution in [3.05, 3.63) is 99.1 Å². The third-order valence-corrected chi connectivity index (χ3v) is 7.61.